The Morgan fingerprint density at radius 2 is 2.00 bits per heavy atom. The number of anilines is 1. The van der Waals surface area contributed by atoms with Crippen molar-refractivity contribution in [2.24, 2.45) is 0 Å². The molecule has 17 heavy (non-hydrogen) atoms. The van der Waals surface area contributed by atoms with Gasteiger partial charge in [-0.15, -0.1) is 0 Å². The molecule has 0 saturated heterocycles. The average Bonchev–Trinajstić information content (AvgIpc) is 2.30. The number of benzene rings is 1. The summed E-state index contributed by atoms with van der Waals surface area (Å²) in [7, 11) is 1.94. The molecule has 0 aliphatic rings. The standard InChI is InChI=1S/C13H13BN2O/c14-11-7-12(9-15-8-11)16-13(17)6-10-4-2-1-3-5-10/h1-5,7-9H,6,14H2,(H,16,17). The van der Waals surface area contributed by atoms with E-state index in [1.54, 1.807) is 12.4 Å². The zero-order chi connectivity index (χ0) is 12.1. The van der Waals surface area contributed by atoms with Crippen LogP contribution in [0.5, 0.6) is 0 Å². The Bertz CT molecular complexity index is 514. The van der Waals surface area contributed by atoms with Gasteiger partial charge in [0.05, 0.1) is 18.3 Å². The third kappa shape index (κ3) is 3.45. The van der Waals surface area contributed by atoms with Crippen LogP contribution in [0.25, 0.3) is 0 Å². The van der Waals surface area contributed by atoms with E-state index in [2.05, 4.69) is 10.3 Å². The number of nitrogens with zero attached hydrogens (tertiary/aromatic N) is 1. The summed E-state index contributed by atoms with van der Waals surface area (Å²) in [5.74, 6) is -0.0244. The maximum absolute atomic E-state index is 11.8. The first-order chi connectivity index (χ1) is 8.24. The summed E-state index contributed by atoms with van der Waals surface area (Å²) in [6.07, 6.45) is 3.79. The van der Waals surface area contributed by atoms with Crippen LogP contribution in [0.2, 0.25) is 0 Å². The average molecular weight is 224 g/mol. The van der Waals surface area contributed by atoms with E-state index in [0.29, 0.717) is 6.42 Å². The van der Waals surface area contributed by atoms with Crippen molar-refractivity contribution in [1.82, 2.24) is 4.98 Å². The minimum absolute atomic E-state index is 0.0244. The first kappa shape index (κ1) is 11.4. The Hall–Kier alpha value is -2.10. The molecular formula is C13H13BN2O. The molecule has 2 rings (SSSR count). The number of hydrogen-bond acceptors (Lipinski definition) is 2. The van der Waals surface area contributed by atoms with Crippen LogP contribution in [-0.2, 0) is 11.2 Å². The number of nitrogens with one attached hydrogen (secondary N) is 1. The molecule has 0 bridgehead atoms. The summed E-state index contributed by atoms with van der Waals surface area (Å²) in [5.41, 5.74) is 2.78. The van der Waals surface area contributed by atoms with Gasteiger partial charge in [-0.1, -0.05) is 35.8 Å². The molecule has 84 valence electrons. The van der Waals surface area contributed by atoms with Gasteiger partial charge in [-0.25, -0.2) is 0 Å². The topological polar surface area (TPSA) is 42.0 Å². The van der Waals surface area contributed by atoms with Crippen molar-refractivity contribution in [3.63, 3.8) is 0 Å². The van der Waals surface area contributed by atoms with Crippen molar-refractivity contribution >= 4 is 24.9 Å². The van der Waals surface area contributed by atoms with Gasteiger partial charge in [-0.3, -0.25) is 9.78 Å². The van der Waals surface area contributed by atoms with E-state index < -0.39 is 0 Å². The highest BCUT2D eigenvalue weighted by atomic mass is 16.1. The van der Waals surface area contributed by atoms with E-state index in [1.165, 1.54) is 0 Å². The van der Waals surface area contributed by atoms with Gasteiger partial charge in [0.15, 0.2) is 0 Å². The number of rotatable bonds is 3. The van der Waals surface area contributed by atoms with Crippen LogP contribution in [0.4, 0.5) is 5.69 Å². The Balaban J connectivity index is 1.98. The monoisotopic (exact) mass is 224 g/mol. The highest BCUT2D eigenvalue weighted by Gasteiger charge is 2.03. The molecule has 2 aromatic rings. The number of hydrogen-bond donors (Lipinski definition) is 1. The van der Waals surface area contributed by atoms with Crippen LogP contribution in [0.3, 0.4) is 0 Å². The number of carbonyl (C=O) groups excluding carboxylic acids is 1. The molecule has 0 aliphatic heterocycles. The molecule has 0 aliphatic carbocycles. The fourth-order valence-electron chi connectivity index (χ4n) is 1.61. The van der Waals surface area contributed by atoms with Crippen molar-refractivity contribution in [3.05, 3.63) is 54.4 Å². The van der Waals surface area contributed by atoms with Crippen LogP contribution in [0.1, 0.15) is 5.56 Å². The fourth-order valence-corrected chi connectivity index (χ4v) is 1.61. The second-order valence-corrected chi connectivity index (χ2v) is 3.96. The van der Waals surface area contributed by atoms with Crippen LogP contribution < -0.4 is 10.8 Å². The van der Waals surface area contributed by atoms with Crippen LogP contribution in [0, 0.1) is 0 Å². The van der Waals surface area contributed by atoms with Gasteiger partial charge in [0.25, 0.3) is 0 Å². The largest absolute Gasteiger partial charge is 0.324 e. The van der Waals surface area contributed by atoms with Gasteiger partial charge >= 0.3 is 0 Å². The predicted molar refractivity (Wildman–Crippen MR) is 71.2 cm³/mol. The first-order valence-electron chi connectivity index (χ1n) is 5.49. The highest BCUT2D eigenvalue weighted by molar-refractivity contribution is 6.32. The number of pyridine rings is 1. The number of amides is 1. The van der Waals surface area contributed by atoms with E-state index in [-0.39, 0.29) is 5.91 Å². The lowest BCUT2D eigenvalue weighted by molar-refractivity contribution is -0.115. The van der Waals surface area contributed by atoms with Gasteiger partial charge in [0.1, 0.15) is 7.85 Å². The van der Waals surface area contributed by atoms with E-state index in [1.807, 2.05) is 44.2 Å². The van der Waals surface area contributed by atoms with Crippen molar-refractivity contribution in [3.8, 4) is 0 Å². The van der Waals surface area contributed by atoms with Gasteiger partial charge in [0.2, 0.25) is 5.91 Å². The Morgan fingerprint density at radius 3 is 2.71 bits per heavy atom. The lowest BCUT2D eigenvalue weighted by Crippen LogP contribution is -2.16. The van der Waals surface area contributed by atoms with E-state index in [4.69, 9.17) is 0 Å². The third-order valence-corrected chi connectivity index (χ3v) is 2.37. The minimum Gasteiger partial charge on any atom is -0.324 e. The second kappa shape index (κ2) is 5.30. The SMILES string of the molecule is Bc1cncc(NC(=O)Cc2ccccc2)c1. The summed E-state index contributed by atoms with van der Waals surface area (Å²) >= 11 is 0. The third-order valence-electron chi connectivity index (χ3n) is 2.37. The van der Waals surface area contributed by atoms with E-state index >= 15 is 0 Å². The summed E-state index contributed by atoms with van der Waals surface area (Å²) in [4.78, 5) is 15.8. The van der Waals surface area contributed by atoms with Crippen molar-refractivity contribution in [2.75, 3.05) is 5.32 Å². The predicted octanol–water partition coefficient (Wildman–Crippen LogP) is 0.521. The number of carbonyl (C=O) groups is 1. The molecule has 0 fully saturated rings. The lowest BCUT2D eigenvalue weighted by atomic mass is 9.99. The highest BCUT2D eigenvalue weighted by Crippen LogP contribution is 2.04. The lowest BCUT2D eigenvalue weighted by Gasteiger charge is -2.05. The maximum atomic E-state index is 11.8. The quantitative estimate of drug-likeness (QED) is 0.772. The fraction of sp³-hybridized carbons (Fsp3) is 0.0769. The smallest absolute Gasteiger partial charge is 0.228 e. The van der Waals surface area contributed by atoms with Crippen LogP contribution in [-0.4, -0.2) is 18.7 Å². The molecule has 1 heterocycles. The molecule has 1 aromatic heterocycles. The second-order valence-electron chi connectivity index (χ2n) is 3.96. The van der Waals surface area contributed by atoms with Crippen molar-refractivity contribution in [1.29, 1.82) is 0 Å². The van der Waals surface area contributed by atoms with Crippen LogP contribution >= 0.6 is 0 Å². The molecule has 0 radical (unpaired) electrons. The molecule has 1 N–H and O–H groups in total. The molecule has 1 aromatic carbocycles. The van der Waals surface area contributed by atoms with Gasteiger partial charge in [-0.05, 0) is 11.6 Å². The van der Waals surface area contributed by atoms with Gasteiger partial charge in [-0.2, -0.15) is 0 Å². The number of aromatic nitrogens is 1. The van der Waals surface area contributed by atoms with Crippen molar-refractivity contribution < 1.29 is 4.79 Å². The normalized spacial score (nSPS) is 9.88. The van der Waals surface area contributed by atoms with Gasteiger partial charge < -0.3 is 5.32 Å². The summed E-state index contributed by atoms with van der Waals surface area (Å²) < 4.78 is 0. The van der Waals surface area contributed by atoms with Crippen LogP contribution in [0.15, 0.2) is 48.8 Å². The van der Waals surface area contributed by atoms with Gasteiger partial charge in [0, 0.05) is 6.20 Å². The molecule has 3 nitrogen and oxygen atoms in total. The Kier molecular flexibility index (Phi) is 3.55. The zero-order valence-corrected chi connectivity index (χ0v) is 9.68. The first-order valence-corrected chi connectivity index (χ1v) is 5.49. The molecule has 0 atom stereocenters. The zero-order valence-electron chi connectivity index (χ0n) is 9.68. The Morgan fingerprint density at radius 1 is 1.24 bits per heavy atom. The maximum Gasteiger partial charge on any atom is 0.228 e. The summed E-state index contributed by atoms with van der Waals surface area (Å²) in [5, 5.41) is 2.83. The molecule has 0 unspecified atom stereocenters. The molecular weight excluding hydrogens is 211 g/mol. The minimum atomic E-state index is -0.0244. The molecule has 4 heteroatoms. The van der Waals surface area contributed by atoms with Crippen molar-refractivity contribution in [2.45, 2.75) is 6.42 Å². The van der Waals surface area contributed by atoms with E-state index in [9.17, 15) is 4.79 Å². The molecule has 0 spiro atoms. The summed E-state index contributed by atoms with van der Waals surface area (Å²) in [6.45, 7) is 0. The molecule has 1 amide bonds. The Labute approximate surface area is 101 Å². The summed E-state index contributed by atoms with van der Waals surface area (Å²) in [6, 6.07) is 11.6. The molecule has 0 saturated carbocycles. The van der Waals surface area contributed by atoms with E-state index in [0.717, 1.165) is 16.7 Å².